The van der Waals surface area contributed by atoms with Crippen molar-refractivity contribution in [1.82, 2.24) is 19.4 Å². The Bertz CT molecular complexity index is 1410. The molecule has 3 heterocycles. The number of hydrogen-bond acceptors (Lipinski definition) is 6. The molecule has 5 rings (SSSR count). The molecule has 1 unspecified atom stereocenters. The molecule has 2 N–H and O–H groups in total. The molecule has 0 radical (unpaired) electrons. The van der Waals surface area contributed by atoms with Crippen molar-refractivity contribution in [3.05, 3.63) is 70.8 Å². The summed E-state index contributed by atoms with van der Waals surface area (Å²) < 4.78 is 1.45. The van der Waals surface area contributed by atoms with Gasteiger partial charge in [-0.3, -0.25) is 19.0 Å². The lowest BCUT2D eigenvalue weighted by Crippen LogP contribution is -2.49. The van der Waals surface area contributed by atoms with Gasteiger partial charge >= 0.3 is 0 Å². The Labute approximate surface area is 241 Å². The summed E-state index contributed by atoms with van der Waals surface area (Å²) in [4.78, 5) is 47.2. The van der Waals surface area contributed by atoms with Gasteiger partial charge in [-0.2, -0.15) is 0 Å². The topological polar surface area (TPSA) is 108 Å². The number of carbonyl (C=O) groups is 2. The van der Waals surface area contributed by atoms with Crippen LogP contribution in [-0.4, -0.2) is 74.6 Å². The van der Waals surface area contributed by atoms with E-state index in [1.165, 1.54) is 30.2 Å². The van der Waals surface area contributed by atoms with Gasteiger partial charge in [-0.25, -0.2) is 4.98 Å². The number of anilines is 1. The third-order valence-electron chi connectivity index (χ3n) is 8.57. The fourth-order valence-corrected chi connectivity index (χ4v) is 5.95. The minimum atomic E-state index is -1.09. The highest BCUT2D eigenvalue weighted by molar-refractivity contribution is 5.93. The van der Waals surface area contributed by atoms with Crippen LogP contribution in [0.15, 0.2) is 59.7 Å². The Hall–Kier alpha value is -3.56. The first-order valence-electron chi connectivity index (χ1n) is 14.9. The highest BCUT2D eigenvalue weighted by Gasteiger charge is 2.35. The molecule has 0 spiro atoms. The molecule has 3 aromatic rings. The minimum absolute atomic E-state index is 0.0511. The van der Waals surface area contributed by atoms with Gasteiger partial charge in [-0.1, -0.05) is 43.7 Å². The number of hydrogen-bond donors (Lipinski definition) is 2. The van der Waals surface area contributed by atoms with E-state index in [1.807, 2.05) is 35.2 Å². The summed E-state index contributed by atoms with van der Waals surface area (Å²) in [7, 11) is 0. The first-order chi connectivity index (χ1) is 19.8. The van der Waals surface area contributed by atoms with Gasteiger partial charge in [-0.05, 0) is 68.5 Å². The van der Waals surface area contributed by atoms with Gasteiger partial charge in [-0.15, -0.1) is 0 Å². The van der Waals surface area contributed by atoms with Crippen LogP contribution in [0.2, 0.25) is 0 Å². The van der Waals surface area contributed by atoms with E-state index in [0.29, 0.717) is 55.4 Å². The molecule has 2 aliphatic rings. The van der Waals surface area contributed by atoms with Crippen molar-refractivity contribution in [2.24, 2.45) is 0 Å². The number of benzene rings is 2. The molecule has 2 aliphatic heterocycles. The molecular formula is C32H41N5O4. The molecule has 0 aliphatic carbocycles. The lowest BCUT2D eigenvalue weighted by molar-refractivity contribution is -0.136. The molecule has 1 aromatic heterocycles. The van der Waals surface area contributed by atoms with Crippen molar-refractivity contribution in [3.63, 3.8) is 0 Å². The summed E-state index contributed by atoms with van der Waals surface area (Å²) in [5, 5.41) is 14.7. The molecule has 2 amide bonds. The van der Waals surface area contributed by atoms with Crippen molar-refractivity contribution in [2.75, 3.05) is 38.0 Å². The van der Waals surface area contributed by atoms with Gasteiger partial charge in [0.25, 0.3) is 5.56 Å². The van der Waals surface area contributed by atoms with Crippen LogP contribution in [0.4, 0.5) is 5.69 Å². The normalized spacial score (nSPS) is 18.2. The van der Waals surface area contributed by atoms with Gasteiger partial charge in [0, 0.05) is 38.2 Å². The third-order valence-corrected chi connectivity index (χ3v) is 8.57. The number of carbonyl (C=O) groups excluding carboxylic acids is 2. The van der Waals surface area contributed by atoms with E-state index >= 15 is 0 Å². The number of likely N-dealkylation sites (tertiary alicyclic amines) is 2. The maximum Gasteiger partial charge on any atom is 0.261 e. The van der Waals surface area contributed by atoms with Gasteiger partial charge in [0.1, 0.15) is 0 Å². The second-order valence-corrected chi connectivity index (χ2v) is 11.7. The number of aliphatic hydroxyl groups is 1. The minimum Gasteiger partial charge on any atom is -0.388 e. The van der Waals surface area contributed by atoms with E-state index in [-0.39, 0.29) is 29.8 Å². The molecule has 2 saturated heterocycles. The molecule has 0 saturated carbocycles. The van der Waals surface area contributed by atoms with E-state index in [1.54, 1.807) is 18.2 Å². The van der Waals surface area contributed by atoms with E-state index in [4.69, 9.17) is 0 Å². The fraction of sp³-hybridized carbons (Fsp3) is 0.500. The SMILES string of the molecule is CC(CC(=O)N1CCC(O)(Cn2cnc3cc(NC(=O)CCN4CCCCC4)ccc3c2=O)CC1)c1ccccc1. The predicted molar refractivity (Wildman–Crippen MR) is 160 cm³/mol. The van der Waals surface area contributed by atoms with E-state index in [0.717, 1.165) is 25.2 Å². The maximum atomic E-state index is 13.2. The van der Waals surface area contributed by atoms with Crippen LogP contribution in [0.1, 0.15) is 63.4 Å². The van der Waals surface area contributed by atoms with Crippen LogP contribution < -0.4 is 10.9 Å². The molecule has 218 valence electrons. The van der Waals surface area contributed by atoms with Crippen LogP contribution >= 0.6 is 0 Å². The molecular weight excluding hydrogens is 518 g/mol. The Morgan fingerprint density at radius 3 is 2.49 bits per heavy atom. The Kier molecular flexibility index (Phi) is 9.15. The van der Waals surface area contributed by atoms with Gasteiger partial charge in [0.05, 0.1) is 29.4 Å². The summed E-state index contributed by atoms with van der Waals surface area (Å²) in [6.45, 7) is 5.94. The van der Waals surface area contributed by atoms with Crippen molar-refractivity contribution < 1.29 is 14.7 Å². The first kappa shape index (κ1) is 29.0. The zero-order valence-corrected chi connectivity index (χ0v) is 23.9. The number of rotatable bonds is 9. The first-order valence-corrected chi connectivity index (χ1v) is 14.9. The lowest BCUT2D eigenvalue weighted by Gasteiger charge is -2.38. The second-order valence-electron chi connectivity index (χ2n) is 11.7. The number of amides is 2. The average Bonchev–Trinajstić information content (AvgIpc) is 2.99. The van der Waals surface area contributed by atoms with Crippen LogP contribution in [0.5, 0.6) is 0 Å². The van der Waals surface area contributed by atoms with Crippen molar-refractivity contribution in [2.45, 2.75) is 69.9 Å². The fourth-order valence-electron chi connectivity index (χ4n) is 5.95. The molecule has 0 bridgehead atoms. The van der Waals surface area contributed by atoms with Crippen LogP contribution in [-0.2, 0) is 16.1 Å². The lowest BCUT2D eigenvalue weighted by atomic mass is 9.90. The highest BCUT2D eigenvalue weighted by atomic mass is 16.3. The zero-order valence-electron chi connectivity index (χ0n) is 23.9. The average molecular weight is 560 g/mol. The number of piperidine rings is 2. The third kappa shape index (κ3) is 7.40. The molecule has 9 nitrogen and oxygen atoms in total. The highest BCUT2D eigenvalue weighted by Crippen LogP contribution is 2.27. The molecule has 2 aromatic carbocycles. The maximum absolute atomic E-state index is 13.2. The summed E-state index contributed by atoms with van der Waals surface area (Å²) in [5.74, 6) is 0.160. The van der Waals surface area contributed by atoms with Gasteiger partial charge in [0.15, 0.2) is 0 Å². The second kappa shape index (κ2) is 13.0. The number of nitrogens with zero attached hydrogens (tertiary/aromatic N) is 4. The summed E-state index contributed by atoms with van der Waals surface area (Å²) in [6.07, 6.45) is 6.76. The van der Waals surface area contributed by atoms with E-state index in [9.17, 15) is 19.5 Å². The quantitative estimate of drug-likeness (QED) is 0.414. The van der Waals surface area contributed by atoms with Crippen LogP contribution in [0.25, 0.3) is 10.9 Å². The summed E-state index contributed by atoms with van der Waals surface area (Å²) in [5.41, 5.74) is 0.924. The van der Waals surface area contributed by atoms with E-state index < -0.39 is 5.60 Å². The standard InChI is InChI=1S/C32H41N5O4/c1-24(25-8-4-2-5-9-25)20-30(39)36-18-13-32(41,14-19-36)22-37-23-33-28-21-26(10-11-27(28)31(37)40)34-29(38)12-17-35-15-6-3-7-16-35/h2,4-5,8-11,21,23-24,41H,3,6-7,12-20,22H2,1H3,(H,34,38). The van der Waals surface area contributed by atoms with Crippen molar-refractivity contribution in [1.29, 1.82) is 0 Å². The largest absolute Gasteiger partial charge is 0.388 e. The smallest absolute Gasteiger partial charge is 0.261 e. The molecule has 2 fully saturated rings. The van der Waals surface area contributed by atoms with Gasteiger partial charge < -0.3 is 20.2 Å². The van der Waals surface area contributed by atoms with Crippen LogP contribution in [0, 0.1) is 0 Å². The summed E-state index contributed by atoms with van der Waals surface area (Å²) >= 11 is 0. The van der Waals surface area contributed by atoms with Crippen molar-refractivity contribution >= 4 is 28.4 Å². The Morgan fingerprint density at radius 2 is 1.76 bits per heavy atom. The van der Waals surface area contributed by atoms with Gasteiger partial charge in [0.2, 0.25) is 11.8 Å². The van der Waals surface area contributed by atoms with Crippen LogP contribution in [0.3, 0.4) is 0 Å². The van der Waals surface area contributed by atoms with E-state index in [2.05, 4.69) is 22.1 Å². The Balaban J connectivity index is 1.15. The van der Waals surface area contributed by atoms with Crippen molar-refractivity contribution in [3.8, 4) is 0 Å². The number of aromatic nitrogens is 2. The molecule has 41 heavy (non-hydrogen) atoms. The number of nitrogens with one attached hydrogen (secondary N) is 1. The predicted octanol–water partition coefficient (Wildman–Crippen LogP) is 3.76. The monoisotopic (exact) mass is 559 g/mol. The Morgan fingerprint density at radius 1 is 1.02 bits per heavy atom. The zero-order chi connectivity index (χ0) is 28.8. The molecule has 9 heteroatoms. The summed E-state index contributed by atoms with van der Waals surface area (Å²) in [6, 6.07) is 15.1. The number of fused-ring (bicyclic) bond motifs is 1. The molecule has 1 atom stereocenters.